The Hall–Kier alpha value is -0.930. The second-order valence-electron chi connectivity index (χ2n) is 9.30. The van der Waals surface area contributed by atoms with E-state index in [1.807, 2.05) is 31.1 Å². The summed E-state index contributed by atoms with van der Waals surface area (Å²) in [5.74, 6) is 1.09. The van der Waals surface area contributed by atoms with E-state index in [1.165, 1.54) is 12.5 Å². The van der Waals surface area contributed by atoms with Crippen LogP contribution in [0.2, 0.25) is 0 Å². The summed E-state index contributed by atoms with van der Waals surface area (Å²) in [6, 6.07) is 5.26. The van der Waals surface area contributed by atoms with Gasteiger partial charge in [-0.1, -0.05) is 26.8 Å². The number of benzene rings is 1. The molecular weight excluding hydrogens is 494 g/mol. The van der Waals surface area contributed by atoms with E-state index >= 15 is 0 Å². The third-order valence-corrected chi connectivity index (χ3v) is 5.19. The Balaban J connectivity index is 0.00000450. The first-order valence-corrected chi connectivity index (χ1v) is 10.8. The molecule has 7 heteroatoms. The van der Waals surface area contributed by atoms with Crippen molar-refractivity contribution in [1.82, 2.24) is 15.5 Å². The number of guanidine groups is 1. The highest BCUT2D eigenvalue weighted by molar-refractivity contribution is 14.0. The number of nitrogens with zero attached hydrogens (tertiary/aromatic N) is 2. The van der Waals surface area contributed by atoms with Gasteiger partial charge in [-0.3, -0.25) is 0 Å². The lowest BCUT2D eigenvalue weighted by Crippen LogP contribution is -2.47. The molecule has 1 aliphatic heterocycles. The molecule has 0 aromatic heterocycles. The van der Waals surface area contributed by atoms with Crippen molar-refractivity contribution in [2.75, 3.05) is 33.8 Å². The topological polar surface area (TPSA) is 48.9 Å². The van der Waals surface area contributed by atoms with Crippen LogP contribution in [0.15, 0.2) is 23.2 Å². The smallest absolute Gasteiger partial charge is 0.191 e. The molecule has 0 amide bonds. The Bertz CT molecular complexity index is 676. The minimum absolute atomic E-state index is 0. The summed E-state index contributed by atoms with van der Waals surface area (Å²) in [4.78, 5) is 6.69. The molecule has 172 valence electrons. The molecule has 2 rings (SSSR count). The summed E-state index contributed by atoms with van der Waals surface area (Å²) in [6.45, 7) is 12.4. The van der Waals surface area contributed by atoms with E-state index in [4.69, 9.17) is 9.73 Å². The molecular formula is C23H40FIN4O. The number of ether oxygens (including phenoxy) is 1. The largest absolute Gasteiger partial charge is 0.377 e. The van der Waals surface area contributed by atoms with Gasteiger partial charge in [0.2, 0.25) is 0 Å². The van der Waals surface area contributed by atoms with E-state index in [0.29, 0.717) is 24.6 Å². The summed E-state index contributed by atoms with van der Waals surface area (Å²) >= 11 is 0. The standard InChI is InChI=1S/C23H39FN4O.HI/c1-7-25-22(27-15-18-9-8-12-29-21(18)23(2,3)4)26-14-17-10-11-20(24)19(13-17)16-28(5)6;/h10-11,13,18,21H,7-9,12,14-16H2,1-6H3,(H2,25,26,27);1H. The van der Waals surface area contributed by atoms with E-state index in [2.05, 4.69) is 38.3 Å². The van der Waals surface area contributed by atoms with Crippen LogP contribution in [0.5, 0.6) is 0 Å². The first-order valence-electron chi connectivity index (χ1n) is 10.8. The average Bonchev–Trinajstić information content (AvgIpc) is 2.65. The normalized spacial score (nSPS) is 20.1. The summed E-state index contributed by atoms with van der Waals surface area (Å²) in [6.07, 6.45) is 2.52. The van der Waals surface area contributed by atoms with Crippen LogP contribution in [0.3, 0.4) is 0 Å². The van der Waals surface area contributed by atoms with Crippen molar-refractivity contribution < 1.29 is 9.13 Å². The molecule has 1 saturated heterocycles. The number of nitrogens with one attached hydrogen (secondary N) is 2. The Morgan fingerprint density at radius 1 is 1.27 bits per heavy atom. The van der Waals surface area contributed by atoms with Gasteiger partial charge < -0.3 is 20.3 Å². The molecule has 0 aliphatic carbocycles. The molecule has 0 saturated carbocycles. The summed E-state index contributed by atoms with van der Waals surface area (Å²) in [7, 11) is 3.88. The zero-order chi connectivity index (χ0) is 21.4. The molecule has 1 aliphatic rings. The average molecular weight is 535 g/mol. The maximum atomic E-state index is 14.0. The van der Waals surface area contributed by atoms with Crippen LogP contribution in [0.1, 0.15) is 51.7 Å². The molecule has 0 radical (unpaired) electrons. The third-order valence-electron chi connectivity index (χ3n) is 5.19. The lowest BCUT2D eigenvalue weighted by Gasteiger charge is -2.40. The predicted molar refractivity (Wildman–Crippen MR) is 134 cm³/mol. The van der Waals surface area contributed by atoms with Gasteiger partial charge in [0, 0.05) is 37.7 Å². The molecule has 1 fully saturated rings. The van der Waals surface area contributed by atoms with Crippen LogP contribution in [0.25, 0.3) is 0 Å². The van der Waals surface area contributed by atoms with Crippen molar-refractivity contribution in [2.24, 2.45) is 16.3 Å². The quantitative estimate of drug-likeness (QED) is 0.310. The lowest BCUT2D eigenvalue weighted by atomic mass is 9.78. The first-order chi connectivity index (χ1) is 13.7. The first kappa shape index (κ1) is 27.1. The molecule has 2 atom stereocenters. The maximum absolute atomic E-state index is 14.0. The molecule has 2 N–H and O–H groups in total. The fourth-order valence-electron chi connectivity index (χ4n) is 3.94. The predicted octanol–water partition coefficient (Wildman–Crippen LogP) is 4.40. The SMILES string of the molecule is CCNC(=NCc1ccc(F)c(CN(C)C)c1)NCC1CCCOC1C(C)(C)C.I. The van der Waals surface area contributed by atoms with Crippen molar-refractivity contribution in [3.05, 3.63) is 35.1 Å². The summed E-state index contributed by atoms with van der Waals surface area (Å²) in [5.41, 5.74) is 1.83. The number of halogens is 2. The second kappa shape index (κ2) is 12.8. The minimum Gasteiger partial charge on any atom is -0.377 e. The van der Waals surface area contributed by atoms with E-state index in [-0.39, 0.29) is 41.3 Å². The summed E-state index contributed by atoms with van der Waals surface area (Å²) in [5, 5.41) is 6.82. The van der Waals surface area contributed by atoms with Crippen LogP contribution in [-0.2, 0) is 17.8 Å². The van der Waals surface area contributed by atoms with Gasteiger partial charge in [0.15, 0.2) is 5.96 Å². The van der Waals surface area contributed by atoms with Crippen molar-refractivity contribution in [3.8, 4) is 0 Å². The lowest BCUT2D eigenvalue weighted by molar-refractivity contribution is -0.0835. The van der Waals surface area contributed by atoms with Gasteiger partial charge in [0.25, 0.3) is 0 Å². The highest BCUT2D eigenvalue weighted by Crippen LogP contribution is 2.33. The van der Waals surface area contributed by atoms with E-state index in [0.717, 1.165) is 37.6 Å². The second-order valence-corrected chi connectivity index (χ2v) is 9.30. The van der Waals surface area contributed by atoms with Crippen LogP contribution < -0.4 is 10.6 Å². The molecule has 2 unspecified atom stereocenters. The molecule has 0 spiro atoms. The van der Waals surface area contributed by atoms with Crippen molar-refractivity contribution in [1.29, 1.82) is 0 Å². The van der Waals surface area contributed by atoms with Gasteiger partial charge in [-0.05, 0) is 57.0 Å². The fourth-order valence-corrected chi connectivity index (χ4v) is 3.94. The monoisotopic (exact) mass is 534 g/mol. The van der Waals surface area contributed by atoms with Crippen molar-refractivity contribution in [2.45, 2.75) is 59.7 Å². The Morgan fingerprint density at radius 3 is 2.63 bits per heavy atom. The minimum atomic E-state index is -0.165. The van der Waals surface area contributed by atoms with Gasteiger partial charge in [-0.2, -0.15) is 0 Å². The van der Waals surface area contributed by atoms with E-state index in [9.17, 15) is 4.39 Å². The summed E-state index contributed by atoms with van der Waals surface area (Å²) < 4.78 is 20.1. The Labute approximate surface area is 199 Å². The zero-order valence-corrected chi connectivity index (χ0v) is 21.8. The highest BCUT2D eigenvalue weighted by atomic mass is 127. The Morgan fingerprint density at radius 2 is 2.00 bits per heavy atom. The maximum Gasteiger partial charge on any atom is 0.191 e. The molecule has 5 nitrogen and oxygen atoms in total. The number of rotatable bonds is 7. The molecule has 1 aromatic carbocycles. The van der Waals surface area contributed by atoms with Gasteiger partial charge in [-0.15, -0.1) is 24.0 Å². The van der Waals surface area contributed by atoms with Crippen LogP contribution in [-0.4, -0.2) is 50.8 Å². The van der Waals surface area contributed by atoms with Crippen molar-refractivity contribution >= 4 is 29.9 Å². The number of hydrogen-bond donors (Lipinski definition) is 2. The molecule has 1 aromatic rings. The number of hydrogen-bond acceptors (Lipinski definition) is 3. The highest BCUT2D eigenvalue weighted by Gasteiger charge is 2.35. The van der Waals surface area contributed by atoms with E-state index in [1.54, 1.807) is 0 Å². The third kappa shape index (κ3) is 8.67. The molecule has 1 heterocycles. The van der Waals surface area contributed by atoms with Gasteiger partial charge in [0.1, 0.15) is 5.82 Å². The van der Waals surface area contributed by atoms with Crippen LogP contribution >= 0.6 is 24.0 Å². The zero-order valence-electron chi connectivity index (χ0n) is 19.4. The Kier molecular flexibility index (Phi) is 11.6. The molecule has 30 heavy (non-hydrogen) atoms. The van der Waals surface area contributed by atoms with Crippen LogP contribution in [0.4, 0.5) is 4.39 Å². The van der Waals surface area contributed by atoms with Crippen molar-refractivity contribution in [3.63, 3.8) is 0 Å². The number of aliphatic imine (C=N–C) groups is 1. The van der Waals surface area contributed by atoms with Gasteiger partial charge >= 0.3 is 0 Å². The molecule has 0 bridgehead atoms. The van der Waals surface area contributed by atoms with Gasteiger partial charge in [0.05, 0.1) is 12.6 Å². The van der Waals surface area contributed by atoms with Crippen LogP contribution in [0, 0.1) is 17.2 Å². The fraction of sp³-hybridized carbons (Fsp3) is 0.696. The van der Waals surface area contributed by atoms with E-state index < -0.39 is 0 Å². The van der Waals surface area contributed by atoms with Gasteiger partial charge in [-0.25, -0.2) is 9.38 Å².